The Morgan fingerprint density at radius 2 is 1.58 bits per heavy atom. The third kappa shape index (κ3) is 4.53. The molecular weight excluding hydrogens is 443 g/mol. The van der Waals surface area contributed by atoms with Crippen LogP contribution in [0.2, 0.25) is 10.0 Å². The molecule has 0 N–H and O–H groups in total. The van der Waals surface area contributed by atoms with Gasteiger partial charge in [-0.15, -0.1) is 0 Å². The highest BCUT2D eigenvalue weighted by Gasteiger charge is 2.26. The van der Waals surface area contributed by atoms with Gasteiger partial charge in [0.05, 0.1) is 16.1 Å². The van der Waals surface area contributed by atoms with E-state index in [9.17, 15) is 8.78 Å². The highest BCUT2D eigenvalue weighted by atomic mass is 35.5. The molecule has 1 aliphatic rings. The number of benzene rings is 3. The van der Waals surface area contributed by atoms with Crippen molar-refractivity contribution in [1.29, 1.82) is 0 Å². The van der Waals surface area contributed by atoms with Gasteiger partial charge in [0.25, 0.3) is 0 Å². The number of rotatable bonds is 5. The molecule has 3 aromatic rings. The maximum atomic E-state index is 14.0. The first-order chi connectivity index (χ1) is 14.8. The van der Waals surface area contributed by atoms with Gasteiger partial charge in [0, 0.05) is 0 Å². The average Bonchev–Trinajstić information content (AvgIpc) is 3.20. The molecule has 0 aromatic heterocycles. The Hall–Kier alpha value is -2.63. The smallest absolute Gasteiger partial charge is 0.222 e. The molecule has 4 rings (SSSR count). The molecule has 0 bridgehead atoms. The van der Waals surface area contributed by atoms with E-state index in [1.807, 2.05) is 38.1 Å². The summed E-state index contributed by atoms with van der Waals surface area (Å²) in [4.78, 5) is 4.38. The van der Waals surface area contributed by atoms with Gasteiger partial charge >= 0.3 is 0 Å². The minimum absolute atomic E-state index is 0.0241. The van der Waals surface area contributed by atoms with Crippen molar-refractivity contribution in [1.82, 2.24) is 0 Å². The Labute approximate surface area is 189 Å². The number of nitrogens with zero attached hydrogens (tertiary/aromatic N) is 1. The lowest BCUT2D eigenvalue weighted by atomic mass is 10.0. The summed E-state index contributed by atoms with van der Waals surface area (Å²) in [5.41, 5.74) is 2.38. The van der Waals surface area contributed by atoms with Crippen LogP contribution >= 0.6 is 23.2 Å². The molecular formula is C24H19Cl2F2NO2. The van der Waals surface area contributed by atoms with Crippen molar-refractivity contribution in [2.24, 2.45) is 4.99 Å². The molecule has 3 aromatic carbocycles. The zero-order valence-electron chi connectivity index (χ0n) is 16.8. The van der Waals surface area contributed by atoms with E-state index < -0.39 is 11.6 Å². The summed E-state index contributed by atoms with van der Waals surface area (Å²) >= 11 is 12.7. The Bertz CT molecular complexity index is 1100. The van der Waals surface area contributed by atoms with E-state index in [2.05, 4.69) is 4.99 Å². The van der Waals surface area contributed by atoms with Gasteiger partial charge < -0.3 is 9.47 Å². The van der Waals surface area contributed by atoms with Gasteiger partial charge in [-0.1, -0.05) is 53.5 Å². The zero-order valence-corrected chi connectivity index (χ0v) is 18.3. The highest BCUT2D eigenvalue weighted by Crippen LogP contribution is 2.38. The molecule has 0 aliphatic carbocycles. The average molecular weight is 462 g/mol. The lowest BCUT2D eigenvalue weighted by Gasteiger charge is -2.15. The molecule has 1 atom stereocenters. The van der Waals surface area contributed by atoms with Gasteiger partial charge in [-0.25, -0.2) is 13.8 Å². The van der Waals surface area contributed by atoms with Crippen LogP contribution in [0.4, 0.5) is 8.78 Å². The summed E-state index contributed by atoms with van der Waals surface area (Å²) in [5, 5.41) is 0.872. The second-order valence-electron chi connectivity index (χ2n) is 7.42. The fourth-order valence-corrected chi connectivity index (χ4v) is 3.93. The normalized spacial score (nSPS) is 15.7. The van der Waals surface area contributed by atoms with Crippen molar-refractivity contribution in [2.45, 2.75) is 26.0 Å². The number of hydrogen-bond donors (Lipinski definition) is 0. The molecule has 0 amide bonds. The summed E-state index contributed by atoms with van der Waals surface area (Å²) in [6.07, 6.45) is -0.0444. The second kappa shape index (κ2) is 8.85. The van der Waals surface area contributed by atoms with E-state index in [4.69, 9.17) is 32.7 Å². The molecule has 0 saturated carbocycles. The standard InChI is InChI=1S/C24H19Cl2F2NO2/c1-13(2)31-23-17(25)10-16(11-18(23)26)14-6-8-15(9-7-14)21-12-30-24(29-21)22-19(27)4-3-5-20(22)28/h3-11,13,21H,12H2,1-2H3. The van der Waals surface area contributed by atoms with Gasteiger partial charge in [0.15, 0.2) is 5.75 Å². The first-order valence-electron chi connectivity index (χ1n) is 9.74. The molecule has 7 heteroatoms. The minimum atomic E-state index is -0.701. The van der Waals surface area contributed by atoms with Crippen molar-refractivity contribution < 1.29 is 18.3 Å². The van der Waals surface area contributed by atoms with Gasteiger partial charge in [-0.2, -0.15) is 0 Å². The van der Waals surface area contributed by atoms with Crippen molar-refractivity contribution in [2.75, 3.05) is 6.61 Å². The van der Waals surface area contributed by atoms with Gasteiger partial charge in [-0.3, -0.25) is 0 Å². The topological polar surface area (TPSA) is 30.8 Å². The molecule has 3 nitrogen and oxygen atoms in total. The molecule has 160 valence electrons. The SMILES string of the molecule is CC(C)Oc1c(Cl)cc(-c2ccc(C3COC(c4c(F)cccc4F)=N3)cc2)cc1Cl. The lowest BCUT2D eigenvalue weighted by Crippen LogP contribution is -2.07. The molecule has 1 unspecified atom stereocenters. The third-order valence-corrected chi connectivity index (χ3v) is 5.37. The molecule has 1 heterocycles. The van der Waals surface area contributed by atoms with Crippen LogP contribution in [0.3, 0.4) is 0 Å². The first-order valence-corrected chi connectivity index (χ1v) is 10.5. The Kier molecular flexibility index (Phi) is 6.17. The minimum Gasteiger partial charge on any atom is -0.488 e. The lowest BCUT2D eigenvalue weighted by molar-refractivity contribution is 0.243. The fourth-order valence-electron chi connectivity index (χ4n) is 3.36. The Balaban J connectivity index is 1.58. The number of hydrogen-bond acceptors (Lipinski definition) is 3. The zero-order chi connectivity index (χ0) is 22.1. The summed E-state index contributed by atoms with van der Waals surface area (Å²) in [6.45, 7) is 4.02. The molecule has 1 aliphatic heterocycles. The second-order valence-corrected chi connectivity index (χ2v) is 8.23. The Morgan fingerprint density at radius 1 is 0.968 bits per heavy atom. The van der Waals surface area contributed by atoms with Crippen LogP contribution in [-0.4, -0.2) is 18.6 Å². The summed E-state index contributed by atoms with van der Waals surface area (Å²) in [6, 6.07) is 14.5. The number of ether oxygens (including phenoxy) is 2. The summed E-state index contributed by atoms with van der Waals surface area (Å²) in [5.74, 6) is -0.963. The highest BCUT2D eigenvalue weighted by molar-refractivity contribution is 6.37. The van der Waals surface area contributed by atoms with E-state index in [1.54, 1.807) is 12.1 Å². The van der Waals surface area contributed by atoms with Crippen LogP contribution in [0, 0.1) is 11.6 Å². The van der Waals surface area contributed by atoms with Crippen molar-refractivity contribution >= 4 is 29.1 Å². The van der Waals surface area contributed by atoms with Crippen LogP contribution in [-0.2, 0) is 4.74 Å². The third-order valence-electron chi connectivity index (χ3n) is 4.81. The van der Waals surface area contributed by atoms with E-state index in [1.165, 1.54) is 18.2 Å². The van der Waals surface area contributed by atoms with Crippen LogP contribution in [0.1, 0.15) is 31.0 Å². The predicted octanol–water partition coefficient (Wildman–Crippen LogP) is 7.24. The molecule has 0 spiro atoms. The van der Waals surface area contributed by atoms with Crippen LogP contribution in [0.15, 0.2) is 59.6 Å². The van der Waals surface area contributed by atoms with Gasteiger partial charge in [0.1, 0.15) is 29.8 Å². The van der Waals surface area contributed by atoms with Crippen molar-refractivity contribution in [3.8, 4) is 16.9 Å². The van der Waals surface area contributed by atoms with Gasteiger partial charge in [0.2, 0.25) is 5.90 Å². The maximum Gasteiger partial charge on any atom is 0.222 e. The van der Waals surface area contributed by atoms with E-state index in [0.29, 0.717) is 15.8 Å². The van der Waals surface area contributed by atoms with Crippen LogP contribution in [0.25, 0.3) is 11.1 Å². The number of aliphatic imine (C=N–C) groups is 1. The van der Waals surface area contributed by atoms with Crippen molar-refractivity contribution in [3.63, 3.8) is 0 Å². The van der Waals surface area contributed by atoms with E-state index in [0.717, 1.165) is 16.7 Å². The van der Waals surface area contributed by atoms with Crippen LogP contribution in [0.5, 0.6) is 5.75 Å². The van der Waals surface area contributed by atoms with Crippen molar-refractivity contribution in [3.05, 3.63) is 87.4 Å². The molecule has 31 heavy (non-hydrogen) atoms. The van der Waals surface area contributed by atoms with E-state index >= 15 is 0 Å². The fraction of sp³-hybridized carbons (Fsp3) is 0.208. The Morgan fingerprint density at radius 3 is 2.16 bits per heavy atom. The first kappa shape index (κ1) is 21.6. The summed E-state index contributed by atoms with van der Waals surface area (Å²) < 4.78 is 39.2. The predicted molar refractivity (Wildman–Crippen MR) is 119 cm³/mol. The largest absolute Gasteiger partial charge is 0.488 e. The quantitative estimate of drug-likeness (QED) is 0.400. The maximum absolute atomic E-state index is 14.0. The molecule has 0 saturated heterocycles. The van der Waals surface area contributed by atoms with Crippen LogP contribution < -0.4 is 4.74 Å². The molecule has 0 radical (unpaired) electrons. The summed E-state index contributed by atoms with van der Waals surface area (Å²) in [7, 11) is 0. The molecule has 0 fully saturated rings. The monoisotopic (exact) mass is 461 g/mol. The number of halogens is 4. The van der Waals surface area contributed by atoms with E-state index in [-0.39, 0.29) is 30.2 Å². The van der Waals surface area contributed by atoms with Gasteiger partial charge in [-0.05, 0) is 54.8 Å².